The van der Waals surface area contributed by atoms with Gasteiger partial charge in [0.25, 0.3) is 10.0 Å². The molecule has 0 aliphatic heterocycles. The molecular weight excluding hydrogens is 606 g/mol. The zero-order chi connectivity index (χ0) is 30.2. The molecule has 3 aromatic carbocycles. The number of hydrogen-bond acceptors (Lipinski definition) is 5. The second kappa shape index (κ2) is 14.5. The van der Waals surface area contributed by atoms with Gasteiger partial charge in [0.15, 0.2) is 0 Å². The first-order valence-electron chi connectivity index (χ1n) is 13.6. The van der Waals surface area contributed by atoms with Crippen LogP contribution in [0.15, 0.2) is 82.2 Å². The highest BCUT2D eigenvalue weighted by molar-refractivity contribution is 9.10. The Kier molecular flexibility index (Phi) is 11.4. The monoisotopic (exact) mass is 643 g/mol. The summed E-state index contributed by atoms with van der Waals surface area (Å²) in [4.78, 5) is 28.9. The van der Waals surface area contributed by atoms with Crippen LogP contribution < -0.4 is 14.4 Å². The summed E-state index contributed by atoms with van der Waals surface area (Å²) < 4.78 is 34.9. The predicted octanol–water partition coefficient (Wildman–Crippen LogP) is 5.68. The van der Waals surface area contributed by atoms with Gasteiger partial charge < -0.3 is 15.0 Å². The molecule has 2 amide bonds. The molecule has 0 fully saturated rings. The average Bonchev–Trinajstić information content (AvgIpc) is 2.96. The number of nitrogens with zero attached hydrogens (tertiary/aromatic N) is 2. The lowest BCUT2D eigenvalue weighted by molar-refractivity contribution is -0.140. The Balaban J connectivity index is 2.06. The van der Waals surface area contributed by atoms with Crippen LogP contribution in [0.3, 0.4) is 0 Å². The van der Waals surface area contributed by atoms with Crippen molar-refractivity contribution in [3.63, 3.8) is 0 Å². The first kappa shape index (κ1) is 32.1. The molecule has 2 atom stereocenters. The van der Waals surface area contributed by atoms with Gasteiger partial charge in [-0.3, -0.25) is 13.9 Å². The first-order chi connectivity index (χ1) is 19.5. The van der Waals surface area contributed by atoms with Crippen molar-refractivity contribution in [2.75, 3.05) is 18.0 Å². The van der Waals surface area contributed by atoms with Crippen LogP contribution in [-0.4, -0.2) is 50.9 Å². The summed E-state index contributed by atoms with van der Waals surface area (Å²) in [5.74, 6) is -0.277. The number of benzene rings is 3. The second-order valence-electron chi connectivity index (χ2n) is 9.89. The summed E-state index contributed by atoms with van der Waals surface area (Å²) in [6, 6.07) is 19.9. The Morgan fingerprint density at radius 1 is 0.976 bits per heavy atom. The molecule has 3 rings (SSSR count). The quantitative estimate of drug-likeness (QED) is 0.258. The highest BCUT2D eigenvalue weighted by atomic mass is 79.9. The standard InChI is InChI=1S/C31H38BrN3O5S/c1-6-23(4)33-31(37)28(7-2)34(20-24-11-9-8-10-12-24)30(36)21-35(25-15-13-22(3)14-16-25)41(38,39)26-17-18-29(40-5)27(32)19-26/h8-19,23,28H,6-7,20-21H2,1-5H3,(H,33,37)/t23-,28+/m0/s1. The Hall–Kier alpha value is -3.37. The van der Waals surface area contributed by atoms with Gasteiger partial charge in [-0.05, 0) is 78.5 Å². The zero-order valence-corrected chi connectivity index (χ0v) is 26.5. The van der Waals surface area contributed by atoms with Crippen LogP contribution in [0.2, 0.25) is 0 Å². The minimum atomic E-state index is -4.19. The van der Waals surface area contributed by atoms with E-state index < -0.39 is 28.5 Å². The van der Waals surface area contributed by atoms with Gasteiger partial charge in [0.2, 0.25) is 11.8 Å². The third-order valence-corrected chi connectivity index (χ3v) is 9.28. The molecule has 0 heterocycles. The normalized spacial score (nSPS) is 12.7. The summed E-state index contributed by atoms with van der Waals surface area (Å²) >= 11 is 3.37. The Bertz CT molecular complexity index is 1430. The van der Waals surface area contributed by atoms with Crippen LogP contribution in [0.4, 0.5) is 5.69 Å². The number of aryl methyl sites for hydroxylation is 1. The third kappa shape index (κ3) is 8.10. The lowest BCUT2D eigenvalue weighted by atomic mass is 10.1. The molecule has 0 unspecified atom stereocenters. The van der Waals surface area contributed by atoms with Crippen molar-refractivity contribution in [1.29, 1.82) is 0 Å². The SMILES string of the molecule is CC[C@H](C(=O)N[C@@H](C)CC)N(Cc1ccccc1)C(=O)CN(c1ccc(C)cc1)S(=O)(=O)c1ccc(OC)c(Br)c1. The van der Waals surface area contributed by atoms with Crippen LogP contribution in [0.5, 0.6) is 5.75 Å². The molecule has 0 radical (unpaired) electrons. The minimum absolute atomic E-state index is 0.00489. The Labute approximate surface area is 251 Å². The number of amides is 2. The van der Waals surface area contributed by atoms with E-state index >= 15 is 0 Å². The van der Waals surface area contributed by atoms with E-state index in [2.05, 4.69) is 21.2 Å². The van der Waals surface area contributed by atoms with Crippen LogP contribution in [-0.2, 0) is 26.2 Å². The maximum Gasteiger partial charge on any atom is 0.264 e. The van der Waals surface area contributed by atoms with E-state index in [9.17, 15) is 18.0 Å². The van der Waals surface area contributed by atoms with E-state index in [-0.39, 0.29) is 23.4 Å². The maximum absolute atomic E-state index is 14.1. The average molecular weight is 645 g/mol. The molecule has 0 saturated carbocycles. The van der Waals surface area contributed by atoms with Gasteiger partial charge in [-0.25, -0.2) is 8.42 Å². The summed E-state index contributed by atoms with van der Waals surface area (Å²) in [5.41, 5.74) is 2.12. The molecule has 41 heavy (non-hydrogen) atoms. The van der Waals surface area contributed by atoms with E-state index in [0.29, 0.717) is 22.3 Å². The Morgan fingerprint density at radius 3 is 2.20 bits per heavy atom. The molecule has 0 saturated heterocycles. The molecule has 0 aliphatic rings. The van der Waals surface area contributed by atoms with Crippen molar-refractivity contribution in [3.8, 4) is 5.75 Å². The number of carbonyl (C=O) groups excluding carboxylic acids is 2. The molecule has 0 aromatic heterocycles. The van der Waals surface area contributed by atoms with E-state index in [1.54, 1.807) is 30.3 Å². The smallest absolute Gasteiger partial charge is 0.264 e. The van der Waals surface area contributed by atoms with Crippen molar-refractivity contribution < 1.29 is 22.7 Å². The molecular formula is C31H38BrN3O5S. The topological polar surface area (TPSA) is 96.0 Å². The fourth-order valence-electron chi connectivity index (χ4n) is 4.32. The summed E-state index contributed by atoms with van der Waals surface area (Å²) in [6.07, 6.45) is 1.11. The fourth-order valence-corrected chi connectivity index (χ4v) is 6.45. The van der Waals surface area contributed by atoms with E-state index in [4.69, 9.17) is 4.74 Å². The van der Waals surface area contributed by atoms with Gasteiger partial charge in [-0.1, -0.05) is 61.9 Å². The molecule has 3 aromatic rings. The Morgan fingerprint density at radius 2 is 1.63 bits per heavy atom. The minimum Gasteiger partial charge on any atom is -0.496 e. The van der Waals surface area contributed by atoms with Crippen molar-refractivity contribution in [2.24, 2.45) is 0 Å². The van der Waals surface area contributed by atoms with Crippen molar-refractivity contribution >= 4 is 43.5 Å². The van der Waals surface area contributed by atoms with Crippen molar-refractivity contribution in [2.45, 2.75) is 64.1 Å². The fraction of sp³-hybridized carbons (Fsp3) is 0.355. The largest absolute Gasteiger partial charge is 0.496 e. The van der Waals surface area contributed by atoms with Gasteiger partial charge in [-0.2, -0.15) is 0 Å². The molecule has 0 bridgehead atoms. The lowest BCUT2D eigenvalue weighted by Crippen LogP contribution is -2.53. The van der Waals surface area contributed by atoms with E-state index in [1.807, 2.05) is 58.0 Å². The van der Waals surface area contributed by atoms with Gasteiger partial charge >= 0.3 is 0 Å². The molecule has 220 valence electrons. The number of anilines is 1. The molecule has 8 nitrogen and oxygen atoms in total. The van der Waals surface area contributed by atoms with Gasteiger partial charge in [0.1, 0.15) is 18.3 Å². The van der Waals surface area contributed by atoms with Crippen LogP contribution in [0, 0.1) is 6.92 Å². The third-order valence-electron chi connectivity index (χ3n) is 6.89. The summed E-state index contributed by atoms with van der Waals surface area (Å²) in [7, 11) is -2.70. The molecule has 0 aliphatic carbocycles. The number of sulfonamides is 1. The molecule has 1 N–H and O–H groups in total. The number of hydrogen-bond donors (Lipinski definition) is 1. The summed E-state index contributed by atoms with van der Waals surface area (Å²) in [5, 5.41) is 2.98. The second-order valence-corrected chi connectivity index (χ2v) is 12.6. The number of carbonyl (C=O) groups is 2. The molecule has 0 spiro atoms. The van der Waals surface area contributed by atoms with Gasteiger partial charge in [0.05, 0.1) is 22.2 Å². The maximum atomic E-state index is 14.1. The predicted molar refractivity (Wildman–Crippen MR) is 165 cm³/mol. The number of halogens is 1. The van der Waals surface area contributed by atoms with E-state index in [0.717, 1.165) is 21.9 Å². The number of nitrogens with one attached hydrogen (secondary N) is 1. The van der Waals surface area contributed by atoms with Gasteiger partial charge in [-0.15, -0.1) is 0 Å². The van der Waals surface area contributed by atoms with Crippen LogP contribution >= 0.6 is 15.9 Å². The number of ether oxygens (including phenoxy) is 1. The van der Waals surface area contributed by atoms with E-state index in [1.165, 1.54) is 24.1 Å². The van der Waals surface area contributed by atoms with Gasteiger partial charge in [0, 0.05) is 12.6 Å². The summed E-state index contributed by atoms with van der Waals surface area (Å²) in [6.45, 7) is 7.29. The lowest BCUT2D eigenvalue weighted by Gasteiger charge is -2.33. The first-order valence-corrected chi connectivity index (χ1v) is 15.8. The molecule has 10 heteroatoms. The highest BCUT2D eigenvalue weighted by Crippen LogP contribution is 2.31. The van der Waals surface area contributed by atoms with Crippen LogP contribution in [0.1, 0.15) is 44.7 Å². The van der Waals surface area contributed by atoms with Crippen molar-refractivity contribution in [1.82, 2.24) is 10.2 Å². The highest BCUT2D eigenvalue weighted by Gasteiger charge is 2.34. The number of rotatable bonds is 13. The zero-order valence-electron chi connectivity index (χ0n) is 24.1. The number of methoxy groups -OCH3 is 1. The van der Waals surface area contributed by atoms with Crippen molar-refractivity contribution in [3.05, 3.63) is 88.4 Å². The van der Waals surface area contributed by atoms with Crippen LogP contribution in [0.25, 0.3) is 0 Å².